The number of hydrogen-bond donors (Lipinski definition) is 0. The van der Waals surface area contributed by atoms with Crippen molar-refractivity contribution < 1.29 is 23.7 Å². The number of likely N-dealkylation sites (tertiary alicyclic amines) is 1. The first-order valence-corrected chi connectivity index (χ1v) is 27.0. The number of esters is 1. The molecule has 2 rings (SSSR count). The maximum atomic E-state index is 13.4. The Labute approximate surface area is 390 Å². The molecule has 5 atom stereocenters. The van der Waals surface area contributed by atoms with Crippen LogP contribution in [-0.2, 0) is 23.7 Å². The fourth-order valence-corrected chi connectivity index (χ4v) is 9.14. The van der Waals surface area contributed by atoms with E-state index in [0.29, 0.717) is 38.1 Å². The molecule has 0 aromatic heterocycles. The maximum absolute atomic E-state index is 13.4. The van der Waals surface area contributed by atoms with Gasteiger partial charge in [-0.3, -0.25) is 4.79 Å². The number of carbonyl (C=O) groups excluding carboxylic acids is 1. The third-order valence-electron chi connectivity index (χ3n) is 13.2. The van der Waals surface area contributed by atoms with Gasteiger partial charge in [-0.1, -0.05) is 152 Å². The van der Waals surface area contributed by atoms with Gasteiger partial charge in [0.05, 0.1) is 12.2 Å². The normalized spacial score (nSPS) is 20.3. The minimum atomic E-state index is -0.122. The molecule has 0 radical (unpaired) electrons. The number of allylic oxidation sites excluding steroid dienone is 10. The van der Waals surface area contributed by atoms with Crippen LogP contribution in [-0.4, -0.2) is 76.2 Å². The molecule has 0 N–H and O–H groups in total. The lowest BCUT2D eigenvalue weighted by atomic mass is 9.88. The molecule has 1 saturated heterocycles. The highest BCUT2D eigenvalue weighted by atomic mass is 16.6. The zero-order valence-corrected chi connectivity index (χ0v) is 41.8. The summed E-state index contributed by atoms with van der Waals surface area (Å²) in [5, 5.41) is 0. The number of carbonyl (C=O) groups is 1. The molecular weight excluding hydrogens is 779 g/mol. The predicted molar refractivity (Wildman–Crippen MR) is 270 cm³/mol. The zero-order valence-electron chi connectivity index (χ0n) is 41.8. The van der Waals surface area contributed by atoms with Crippen molar-refractivity contribution in [1.29, 1.82) is 0 Å². The van der Waals surface area contributed by atoms with Gasteiger partial charge < -0.3 is 23.8 Å². The molecule has 0 amide bonds. The van der Waals surface area contributed by atoms with E-state index in [0.717, 1.165) is 83.3 Å². The van der Waals surface area contributed by atoms with Crippen LogP contribution in [0, 0.1) is 17.8 Å². The van der Waals surface area contributed by atoms with E-state index in [1.165, 1.54) is 135 Å². The summed E-state index contributed by atoms with van der Waals surface area (Å²) in [6, 6.07) is 0. The zero-order chi connectivity index (χ0) is 45.1. The molecule has 5 unspecified atom stereocenters. The van der Waals surface area contributed by atoms with E-state index >= 15 is 0 Å². The molecule has 6 nitrogen and oxygen atoms in total. The van der Waals surface area contributed by atoms with Crippen LogP contribution < -0.4 is 0 Å². The van der Waals surface area contributed by atoms with Crippen molar-refractivity contribution in [3.05, 3.63) is 60.8 Å². The highest BCUT2D eigenvalue weighted by Gasteiger charge is 2.37. The third-order valence-corrected chi connectivity index (χ3v) is 13.2. The van der Waals surface area contributed by atoms with Crippen molar-refractivity contribution in [3.63, 3.8) is 0 Å². The highest BCUT2D eigenvalue weighted by molar-refractivity contribution is 5.69. The number of rotatable bonds is 43. The number of nitrogens with zero attached hydrogens (tertiary/aromatic N) is 1. The Morgan fingerprint density at radius 3 is 1.84 bits per heavy atom. The number of ether oxygens (including phenoxy) is 4. The SMILES string of the molecule is CC/C=C\CC1C(CC(=O)OCC(CCOCCCCCCCC/C=C\C/C=C\CCCC)OCCCCCCC/C=C\C/C=C\CCCCC)CCC1OCCC1CCN(C)C1. The number of unbranched alkanes of at least 4 members (excludes halogenated alkanes) is 16. The standard InChI is InChI=1S/C57H101NO5/c1-5-8-11-13-15-17-19-21-23-25-27-29-31-33-36-45-60-47-43-54(61-46-37-34-32-30-28-26-24-22-20-18-16-14-12-9-6-2)51-63-57(59)49-53-39-40-56(55(53)38-35-10-7-3)62-48-42-52-41-44-58(4)50-52/h10,13,15-16,18-19,21-22,24,35,52-56H,5-9,11-12,14,17,20,23,25-34,36-51H2,1-4H3/b15-13-,18-16-,21-19-,24-22-,35-10-. The molecule has 63 heavy (non-hydrogen) atoms. The Bertz CT molecular complexity index is 1180. The van der Waals surface area contributed by atoms with Gasteiger partial charge in [-0.2, -0.15) is 0 Å². The van der Waals surface area contributed by atoms with E-state index < -0.39 is 0 Å². The van der Waals surface area contributed by atoms with Crippen molar-refractivity contribution in [2.24, 2.45) is 17.8 Å². The van der Waals surface area contributed by atoms with E-state index in [1.807, 2.05) is 0 Å². The van der Waals surface area contributed by atoms with Gasteiger partial charge in [-0.05, 0) is 141 Å². The Balaban J connectivity index is 1.70. The lowest BCUT2D eigenvalue weighted by Crippen LogP contribution is -2.27. The third kappa shape index (κ3) is 33.2. The molecule has 1 heterocycles. The molecule has 0 aromatic carbocycles. The van der Waals surface area contributed by atoms with E-state index in [9.17, 15) is 4.79 Å². The van der Waals surface area contributed by atoms with E-state index in [1.54, 1.807) is 0 Å². The van der Waals surface area contributed by atoms with Crippen molar-refractivity contribution in [1.82, 2.24) is 4.90 Å². The molecule has 0 aromatic rings. The van der Waals surface area contributed by atoms with E-state index in [-0.39, 0.29) is 18.2 Å². The highest BCUT2D eigenvalue weighted by Crippen LogP contribution is 2.39. The van der Waals surface area contributed by atoms with Gasteiger partial charge in [0.2, 0.25) is 0 Å². The first-order chi connectivity index (χ1) is 31.1. The molecule has 1 aliphatic heterocycles. The Morgan fingerprint density at radius 1 is 0.619 bits per heavy atom. The second kappa shape index (κ2) is 42.6. The topological polar surface area (TPSA) is 57.2 Å². The van der Waals surface area contributed by atoms with E-state index in [2.05, 4.69) is 93.5 Å². The minimum Gasteiger partial charge on any atom is -0.463 e. The molecule has 364 valence electrons. The van der Waals surface area contributed by atoms with Gasteiger partial charge in [0.15, 0.2) is 0 Å². The average Bonchev–Trinajstić information content (AvgIpc) is 3.88. The Morgan fingerprint density at radius 2 is 1.22 bits per heavy atom. The molecule has 2 aliphatic rings. The monoisotopic (exact) mass is 880 g/mol. The molecule has 2 fully saturated rings. The van der Waals surface area contributed by atoms with Crippen LogP contribution in [0.5, 0.6) is 0 Å². The van der Waals surface area contributed by atoms with Gasteiger partial charge in [0.25, 0.3) is 0 Å². The lowest BCUT2D eigenvalue weighted by molar-refractivity contribution is -0.150. The summed E-state index contributed by atoms with van der Waals surface area (Å²) in [6.45, 7) is 12.4. The summed E-state index contributed by atoms with van der Waals surface area (Å²) in [5.41, 5.74) is 0. The van der Waals surface area contributed by atoms with Crippen LogP contribution in [0.25, 0.3) is 0 Å². The van der Waals surface area contributed by atoms with Gasteiger partial charge >= 0.3 is 5.97 Å². The largest absolute Gasteiger partial charge is 0.463 e. The summed E-state index contributed by atoms with van der Waals surface area (Å²) >= 11 is 0. The lowest BCUT2D eigenvalue weighted by Gasteiger charge is -2.25. The maximum Gasteiger partial charge on any atom is 0.306 e. The summed E-state index contributed by atoms with van der Waals surface area (Å²) in [5.74, 6) is 1.35. The molecule has 0 spiro atoms. The summed E-state index contributed by atoms with van der Waals surface area (Å²) in [4.78, 5) is 15.8. The Hall–Kier alpha value is -1.99. The first kappa shape index (κ1) is 57.1. The molecular formula is C57H101NO5. The van der Waals surface area contributed by atoms with Crippen LogP contribution >= 0.6 is 0 Å². The first-order valence-electron chi connectivity index (χ1n) is 27.0. The molecule has 6 heteroatoms. The van der Waals surface area contributed by atoms with Crippen molar-refractivity contribution >= 4 is 5.97 Å². The fourth-order valence-electron chi connectivity index (χ4n) is 9.14. The van der Waals surface area contributed by atoms with Crippen LogP contribution in [0.4, 0.5) is 0 Å². The summed E-state index contributed by atoms with van der Waals surface area (Å²) < 4.78 is 25.0. The van der Waals surface area contributed by atoms with Crippen LogP contribution in [0.1, 0.15) is 213 Å². The van der Waals surface area contributed by atoms with Crippen molar-refractivity contribution in [3.8, 4) is 0 Å². The smallest absolute Gasteiger partial charge is 0.306 e. The summed E-state index contributed by atoms with van der Waals surface area (Å²) in [6.07, 6.45) is 58.0. The van der Waals surface area contributed by atoms with Crippen molar-refractivity contribution in [2.45, 2.75) is 226 Å². The van der Waals surface area contributed by atoms with E-state index in [4.69, 9.17) is 18.9 Å². The quantitative estimate of drug-likeness (QED) is 0.0345. The number of hydrogen-bond acceptors (Lipinski definition) is 6. The van der Waals surface area contributed by atoms with Crippen LogP contribution in [0.15, 0.2) is 60.8 Å². The second-order valence-electron chi connectivity index (χ2n) is 19.0. The van der Waals surface area contributed by atoms with Gasteiger partial charge in [-0.15, -0.1) is 0 Å². The summed E-state index contributed by atoms with van der Waals surface area (Å²) in [7, 11) is 2.22. The van der Waals surface area contributed by atoms with Gasteiger partial charge in [-0.25, -0.2) is 0 Å². The average molecular weight is 880 g/mol. The van der Waals surface area contributed by atoms with Gasteiger partial charge in [0.1, 0.15) is 6.61 Å². The van der Waals surface area contributed by atoms with Crippen LogP contribution in [0.2, 0.25) is 0 Å². The fraction of sp³-hybridized carbons (Fsp3) is 0.807. The predicted octanol–water partition coefficient (Wildman–Crippen LogP) is 15.7. The minimum absolute atomic E-state index is 0.0864. The molecule has 1 aliphatic carbocycles. The molecule has 0 bridgehead atoms. The second-order valence-corrected chi connectivity index (χ2v) is 19.0. The Kier molecular flexibility index (Phi) is 38.7. The van der Waals surface area contributed by atoms with Crippen molar-refractivity contribution in [2.75, 3.05) is 53.2 Å². The van der Waals surface area contributed by atoms with Crippen LogP contribution in [0.3, 0.4) is 0 Å². The molecule has 1 saturated carbocycles. The van der Waals surface area contributed by atoms with Gasteiger partial charge in [0, 0.05) is 45.8 Å².